The van der Waals surface area contributed by atoms with Crippen molar-refractivity contribution in [2.75, 3.05) is 47.5 Å². The molecular weight excluding hydrogens is 1090 g/mol. The van der Waals surface area contributed by atoms with Gasteiger partial charge in [-0.3, -0.25) is 18.6 Å². The molecule has 0 aromatic rings. The number of rotatable bonds is 71. The number of quaternary nitrogens is 1. The standard InChI is InChI=1S/C76H146NO8P/c1-6-8-10-12-14-16-18-20-22-24-26-28-30-31-32-33-34-35-36-37-38-39-40-41-42-43-44-45-47-49-51-53-55-57-59-61-63-65-67-69-76(79)85-74(73-84-86(80,81)83-71-70-77(3,4)5)72-82-75(78)68-66-64-62-60-58-56-54-52-50-48-46-29-27-25-23-21-19-17-15-13-11-9-7-2/h18,20,24,26,30-31,74H,6-17,19,21-23,25,27-29,32-73H2,1-5H3/p+1/b20-18-,26-24-,31-30-. The topological polar surface area (TPSA) is 108 Å². The van der Waals surface area contributed by atoms with Crippen LogP contribution in [-0.2, 0) is 32.7 Å². The minimum Gasteiger partial charge on any atom is -0.462 e. The number of nitrogens with zero attached hydrogens (tertiary/aromatic N) is 1. The van der Waals surface area contributed by atoms with Gasteiger partial charge in [0.05, 0.1) is 27.7 Å². The maximum absolute atomic E-state index is 12.9. The van der Waals surface area contributed by atoms with E-state index < -0.39 is 26.5 Å². The van der Waals surface area contributed by atoms with Crippen molar-refractivity contribution < 1.29 is 42.1 Å². The zero-order chi connectivity index (χ0) is 62.6. The Bertz CT molecular complexity index is 1540. The minimum absolute atomic E-state index is 0.0357. The Morgan fingerprint density at radius 3 is 0.930 bits per heavy atom. The second-order valence-electron chi connectivity index (χ2n) is 27.0. The van der Waals surface area contributed by atoms with Crippen molar-refractivity contribution in [3.8, 4) is 0 Å². The highest BCUT2D eigenvalue weighted by molar-refractivity contribution is 7.47. The highest BCUT2D eigenvalue weighted by Crippen LogP contribution is 2.43. The van der Waals surface area contributed by atoms with Crippen LogP contribution in [-0.4, -0.2) is 74.9 Å². The van der Waals surface area contributed by atoms with Gasteiger partial charge in [0, 0.05) is 12.8 Å². The normalized spacial score (nSPS) is 13.2. The average Bonchev–Trinajstić information content (AvgIpc) is 3.56. The third-order valence-electron chi connectivity index (χ3n) is 17.2. The number of carbonyl (C=O) groups is 2. The smallest absolute Gasteiger partial charge is 0.462 e. The Hall–Kier alpha value is -1.77. The van der Waals surface area contributed by atoms with Crippen LogP contribution in [0.5, 0.6) is 0 Å². The van der Waals surface area contributed by atoms with Crippen LogP contribution >= 0.6 is 7.82 Å². The quantitative estimate of drug-likeness (QED) is 0.0211. The van der Waals surface area contributed by atoms with Gasteiger partial charge in [0.1, 0.15) is 19.8 Å². The summed E-state index contributed by atoms with van der Waals surface area (Å²) >= 11 is 0. The molecule has 0 amide bonds. The first-order chi connectivity index (χ1) is 42.0. The van der Waals surface area contributed by atoms with Gasteiger partial charge < -0.3 is 18.9 Å². The van der Waals surface area contributed by atoms with E-state index in [1.54, 1.807) is 0 Å². The predicted octanol–water partition coefficient (Wildman–Crippen LogP) is 24.6. The van der Waals surface area contributed by atoms with E-state index in [1.807, 2.05) is 21.1 Å². The van der Waals surface area contributed by atoms with Crippen molar-refractivity contribution in [2.45, 2.75) is 392 Å². The van der Waals surface area contributed by atoms with Gasteiger partial charge in [-0.15, -0.1) is 0 Å². The van der Waals surface area contributed by atoms with Gasteiger partial charge in [0.15, 0.2) is 6.10 Å². The van der Waals surface area contributed by atoms with Crippen LogP contribution in [0.2, 0.25) is 0 Å². The molecule has 2 unspecified atom stereocenters. The molecule has 0 radical (unpaired) electrons. The third-order valence-corrected chi connectivity index (χ3v) is 18.2. The Kier molecular flexibility index (Phi) is 66.2. The zero-order valence-corrected chi connectivity index (χ0v) is 59.0. The van der Waals surface area contributed by atoms with Gasteiger partial charge in [0.2, 0.25) is 0 Å². The Balaban J connectivity index is 3.91. The molecule has 0 rings (SSSR count). The summed E-state index contributed by atoms with van der Waals surface area (Å²) in [6.07, 6.45) is 87.1. The van der Waals surface area contributed by atoms with Crippen molar-refractivity contribution in [1.82, 2.24) is 0 Å². The number of ether oxygens (including phenoxy) is 2. The molecule has 2 atom stereocenters. The molecule has 0 aliphatic heterocycles. The van der Waals surface area contributed by atoms with Gasteiger partial charge in [0.25, 0.3) is 0 Å². The highest BCUT2D eigenvalue weighted by atomic mass is 31.2. The van der Waals surface area contributed by atoms with Crippen LogP contribution in [0.3, 0.4) is 0 Å². The van der Waals surface area contributed by atoms with E-state index >= 15 is 0 Å². The Labute approximate surface area is 535 Å². The fourth-order valence-corrected chi connectivity index (χ4v) is 12.1. The van der Waals surface area contributed by atoms with Crippen LogP contribution in [0.15, 0.2) is 36.5 Å². The second kappa shape index (κ2) is 67.6. The van der Waals surface area contributed by atoms with Crippen LogP contribution in [0.1, 0.15) is 386 Å². The number of carbonyl (C=O) groups excluding carboxylic acids is 2. The van der Waals surface area contributed by atoms with Crippen molar-refractivity contribution in [3.05, 3.63) is 36.5 Å². The highest BCUT2D eigenvalue weighted by Gasteiger charge is 2.27. The first-order valence-corrected chi connectivity index (χ1v) is 39.2. The van der Waals surface area contributed by atoms with Gasteiger partial charge >= 0.3 is 19.8 Å². The lowest BCUT2D eigenvalue weighted by Crippen LogP contribution is -2.37. The monoisotopic (exact) mass is 1230 g/mol. The maximum atomic E-state index is 12.9. The molecule has 86 heavy (non-hydrogen) atoms. The van der Waals surface area contributed by atoms with Crippen molar-refractivity contribution >= 4 is 19.8 Å². The molecule has 0 saturated carbocycles. The molecule has 0 spiro atoms. The summed E-state index contributed by atoms with van der Waals surface area (Å²) in [5.41, 5.74) is 0. The van der Waals surface area contributed by atoms with Gasteiger partial charge in [-0.25, -0.2) is 4.57 Å². The molecule has 0 aliphatic rings. The van der Waals surface area contributed by atoms with Crippen molar-refractivity contribution in [2.24, 2.45) is 0 Å². The third kappa shape index (κ3) is 71.3. The molecule has 10 heteroatoms. The maximum Gasteiger partial charge on any atom is 0.472 e. The van der Waals surface area contributed by atoms with Crippen molar-refractivity contribution in [1.29, 1.82) is 0 Å². The molecular formula is C76H147NO8P+. The van der Waals surface area contributed by atoms with E-state index in [9.17, 15) is 19.0 Å². The lowest BCUT2D eigenvalue weighted by atomic mass is 10.0. The summed E-state index contributed by atoms with van der Waals surface area (Å²) < 4.78 is 34.8. The molecule has 0 saturated heterocycles. The van der Waals surface area contributed by atoms with Crippen LogP contribution in [0.25, 0.3) is 0 Å². The first kappa shape index (κ1) is 84.2. The van der Waals surface area contributed by atoms with E-state index in [1.165, 1.54) is 308 Å². The first-order valence-electron chi connectivity index (χ1n) is 37.7. The molecule has 0 bridgehead atoms. The summed E-state index contributed by atoms with van der Waals surface area (Å²) in [6, 6.07) is 0. The van der Waals surface area contributed by atoms with Gasteiger partial charge in [-0.05, 0) is 51.4 Å². The second-order valence-corrected chi connectivity index (χ2v) is 28.5. The number of likely N-dealkylation sites (N-methyl/N-ethyl adjacent to an activating group) is 1. The molecule has 0 aromatic heterocycles. The number of hydrogen-bond donors (Lipinski definition) is 1. The van der Waals surface area contributed by atoms with E-state index in [-0.39, 0.29) is 25.6 Å². The Morgan fingerprint density at radius 1 is 0.360 bits per heavy atom. The molecule has 9 nitrogen and oxygen atoms in total. The summed E-state index contributed by atoms with van der Waals surface area (Å²) in [4.78, 5) is 35.9. The SMILES string of the molecule is CCCCCCC/C=C\C/C=C\C/C=C\CCCCCCCCCCCCCCCCCCCCCCCCCCC(=O)OC(COC(=O)CCCCCCCCCCCCCCCCCCCCCCCCC)COP(=O)(O)OCC[N+](C)(C)C. The van der Waals surface area contributed by atoms with Gasteiger partial charge in [-0.2, -0.15) is 0 Å². The molecule has 0 aliphatic carbocycles. The number of esters is 2. The van der Waals surface area contributed by atoms with Crippen LogP contribution < -0.4 is 0 Å². The van der Waals surface area contributed by atoms with Crippen molar-refractivity contribution in [3.63, 3.8) is 0 Å². The lowest BCUT2D eigenvalue weighted by Gasteiger charge is -2.24. The predicted molar refractivity (Wildman–Crippen MR) is 372 cm³/mol. The average molecular weight is 1230 g/mol. The fourth-order valence-electron chi connectivity index (χ4n) is 11.4. The molecule has 0 fully saturated rings. The lowest BCUT2D eigenvalue weighted by molar-refractivity contribution is -0.870. The Morgan fingerprint density at radius 2 is 0.628 bits per heavy atom. The summed E-state index contributed by atoms with van der Waals surface area (Å²) in [6.45, 7) is 4.50. The van der Waals surface area contributed by atoms with E-state index in [4.69, 9.17) is 18.5 Å². The largest absolute Gasteiger partial charge is 0.472 e. The summed E-state index contributed by atoms with van der Waals surface area (Å²) in [7, 11) is 1.50. The summed E-state index contributed by atoms with van der Waals surface area (Å²) in [5.74, 6) is -0.771. The number of phosphoric acid groups is 1. The van der Waals surface area contributed by atoms with E-state index in [0.29, 0.717) is 23.9 Å². The number of unbranched alkanes of at least 4 members (excludes halogenated alkanes) is 51. The van der Waals surface area contributed by atoms with Crippen LogP contribution in [0.4, 0.5) is 0 Å². The van der Waals surface area contributed by atoms with Crippen LogP contribution in [0, 0.1) is 0 Å². The number of allylic oxidation sites excluding steroid dienone is 6. The molecule has 508 valence electrons. The van der Waals surface area contributed by atoms with Gasteiger partial charge in [-0.1, -0.05) is 359 Å². The fraction of sp³-hybridized carbons (Fsp3) is 0.895. The summed E-state index contributed by atoms with van der Waals surface area (Å²) in [5, 5.41) is 0. The minimum atomic E-state index is -4.39. The molecule has 0 aromatic carbocycles. The zero-order valence-electron chi connectivity index (χ0n) is 58.1. The van der Waals surface area contributed by atoms with E-state index in [2.05, 4.69) is 50.3 Å². The molecule has 0 heterocycles. The number of phosphoric ester groups is 1. The van der Waals surface area contributed by atoms with E-state index in [0.717, 1.165) is 44.9 Å². The number of hydrogen-bond acceptors (Lipinski definition) is 7. The molecule has 1 N–H and O–H groups in total.